The fourth-order valence-corrected chi connectivity index (χ4v) is 2.55. The molecule has 0 spiro atoms. The van der Waals surface area contributed by atoms with Gasteiger partial charge in [-0.25, -0.2) is 4.39 Å². The molecule has 1 aliphatic carbocycles. The Labute approximate surface area is 160 Å². The lowest BCUT2D eigenvalue weighted by molar-refractivity contribution is -0.120. The zero-order valence-corrected chi connectivity index (χ0v) is 15.0. The highest BCUT2D eigenvalue weighted by Crippen LogP contribution is 2.22. The number of benzene rings is 2. The molecule has 0 saturated heterocycles. The maximum atomic E-state index is 13.0. The Morgan fingerprint density at radius 3 is 2.41 bits per heavy atom. The zero-order chi connectivity index (χ0) is 19.4. The van der Waals surface area contributed by atoms with Crippen molar-refractivity contribution < 1.29 is 18.8 Å². The van der Waals surface area contributed by atoms with Crippen molar-refractivity contribution in [2.24, 2.45) is 0 Å². The molecule has 0 atom stereocenters. The second kappa shape index (κ2) is 8.18. The predicted octanol–water partition coefficient (Wildman–Crippen LogP) is 2.74. The summed E-state index contributed by atoms with van der Waals surface area (Å²) in [7, 11) is 0. The first-order valence-electron chi connectivity index (χ1n) is 8.36. The van der Waals surface area contributed by atoms with Gasteiger partial charge in [-0.15, -0.1) is 0 Å². The molecule has 0 radical (unpaired) electrons. The van der Waals surface area contributed by atoms with E-state index in [0.717, 1.165) is 12.8 Å². The molecule has 0 aromatic heterocycles. The Hall–Kier alpha value is -2.93. The fourth-order valence-electron chi connectivity index (χ4n) is 2.38. The summed E-state index contributed by atoms with van der Waals surface area (Å²) in [5.41, 5.74) is 0.581. The molecule has 2 aromatic rings. The van der Waals surface area contributed by atoms with Crippen LogP contribution in [0.2, 0.25) is 5.02 Å². The van der Waals surface area contributed by atoms with Crippen LogP contribution in [0.4, 0.5) is 10.1 Å². The number of hydrogen-bond acceptors (Lipinski definition) is 3. The lowest BCUT2D eigenvalue weighted by Crippen LogP contribution is -2.38. The average Bonchev–Trinajstić information content (AvgIpc) is 3.44. The van der Waals surface area contributed by atoms with Crippen LogP contribution in [0.5, 0.6) is 0 Å². The number of anilines is 1. The van der Waals surface area contributed by atoms with Gasteiger partial charge in [0.1, 0.15) is 5.82 Å². The maximum Gasteiger partial charge on any atom is 0.255 e. The number of amides is 3. The molecule has 1 aliphatic rings. The monoisotopic (exact) mass is 389 g/mol. The van der Waals surface area contributed by atoms with Gasteiger partial charge in [-0.05, 0) is 55.3 Å². The maximum absolute atomic E-state index is 13.0. The van der Waals surface area contributed by atoms with Gasteiger partial charge < -0.3 is 16.0 Å². The van der Waals surface area contributed by atoms with E-state index in [1.54, 1.807) is 0 Å². The first-order chi connectivity index (χ1) is 12.9. The van der Waals surface area contributed by atoms with E-state index >= 15 is 0 Å². The number of carbonyl (C=O) groups is 3. The first-order valence-corrected chi connectivity index (χ1v) is 8.74. The van der Waals surface area contributed by atoms with E-state index in [2.05, 4.69) is 16.0 Å². The van der Waals surface area contributed by atoms with Gasteiger partial charge in [0.25, 0.3) is 11.8 Å². The highest BCUT2D eigenvalue weighted by Gasteiger charge is 2.23. The van der Waals surface area contributed by atoms with Gasteiger partial charge in [0, 0.05) is 16.6 Å². The molecule has 140 valence electrons. The quantitative estimate of drug-likeness (QED) is 0.710. The minimum absolute atomic E-state index is 0.161. The molecule has 8 heteroatoms. The largest absolute Gasteiger partial charge is 0.352 e. The van der Waals surface area contributed by atoms with Gasteiger partial charge in [0.15, 0.2) is 0 Å². The van der Waals surface area contributed by atoms with Crippen molar-refractivity contribution in [3.8, 4) is 0 Å². The minimum Gasteiger partial charge on any atom is -0.352 e. The third-order valence-corrected chi connectivity index (χ3v) is 4.17. The summed E-state index contributed by atoms with van der Waals surface area (Å²) in [4.78, 5) is 36.5. The van der Waals surface area contributed by atoms with E-state index in [0.29, 0.717) is 5.02 Å². The molecule has 3 amide bonds. The number of rotatable bonds is 6. The van der Waals surface area contributed by atoms with Crippen molar-refractivity contribution in [2.45, 2.75) is 18.9 Å². The second-order valence-corrected chi connectivity index (χ2v) is 6.61. The summed E-state index contributed by atoms with van der Waals surface area (Å²) >= 11 is 5.97. The van der Waals surface area contributed by atoms with Crippen molar-refractivity contribution in [2.75, 3.05) is 11.9 Å². The third-order valence-electron chi connectivity index (χ3n) is 3.93. The number of carbonyl (C=O) groups excluding carboxylic acids is 3. The van der Waals surface area contributed by atoms with Crippen LogP contribution in [0, 0.1) is 5.82 Å². The molecule has 0 unspecified atom stereocenters. The molecule has 0 bridgehead atoms. The van der Waals surface area contributed by atoms with Gasteiger partial charge in [-0.1, -0.05) is 11.6 Å². The molecule has 27 heavy (non-hydrogen) atoms. The summed E-state index contributed by atoms with van der Waals surface area (Å²) in [6, 6.07) is 9.59. The standard InChI is InChI=1S/C19H17ClFN3O3/c20-12-3-8-15(19(27)22-10-17(25)23-14-6-7-14)16(9-12)24-18(26)11-1-4-13(21)5-2-11/h1-5,8-9,14H,6-7,10H2,(H,22,27)(H,23,25)(H,24,26). The van der Waals surface area contributed by atoms with Crippen LogP contribution in [0.25, 0.3) is 0 Å². The van der Waals surface area contributed by atoms with Crippen molar-refractivity contribution in [1.82, 2.24) is 10.6 Å². The molecule has 6 nitrogen and oxygen atoms in total. The lowest BCUT2D eigenvalue weighted by atomic mass is 10.1. The van der Waals surface area contributed by atoms with E-state index in [-0.39, 0.29) is 35.3 Å². The molecule has 0 heterocycles. The minimum atomic E-state index is -0.521. The average molecular weight is 390 g/mol. The van der Waals surface area contributed by atoms with Gasteiger partial charge in [0.2, 0.25) is 5.91 Å². The second-order valence-electron chi connectivity index (χ2n) is 6.18. The van der Waals surface area contributed by atoms with Crippen LogP contribution < -0.4 is 16.0 Å². The molecule has 1 saturated carbocycles. The fraction of sp³-hybridized carbons (Fsp3) is 0.211. The van der Waals surface area contributed by atoms with Gasteiger partial charge in [-0.2, -0.15) is 0 Å². The number of halogens is 2. The molecular weight excluding hydrogens is 373 g/mol. The Morgan fingerprint density at radius 2 is 1.74 bits per heavy atom. The zero-order valence-electron chi connectivity index (χ0n) is 14.2. The summed E-state index contributed by atoms with van der Waals surface area (Å²) in [6.07, 6.45) is 1.91. The lowest BCUT2D eigenvalue weighted by Gasteiger charge is -2.12. The third kappa shape index (κ3) is 5.27. The SMILES string of the molecule is O=C(CNC(=O)c1ccc(Cl)cc1NC(=O)c1ccc(F)cc1)NC1CC1. The van der Waals surface area contributed by atoms with Gasteiger partial charge >= 0.3 is 0 Å². The highest BCUT2D eigenvalue weighted by atomic mass is 35.5. The van der Waals surface area contributed by atoms with Crippen molar-refractivity contribution >= 4 is 35.0 Å². The van der Waals surface area contributed by atoms with Crippen molar-refractivity contribution in [3.63, 3.8) is 0 Å². The predicted molar refractivity (Wildman–Crippen MR) is 99.3 cm³/mol. The summed E-state index contributed by atoms with van der Waals surface area (Å²) in [5.74, 6) is -1.76. The van der Waals surface area contributed by atoms with Gasteiger partial charge in [-0.3, -0.25) is 14.4 Å². The molecule has 2 aromatic carbocycles. The van der Waals surface area contributed by atoms with E-state index in [1.807, 2.05) is 0 Å². The topological polar surface area (TPSA) is 87.3 Å². The first kappa shape index (κ1) is 18.8. The summed E-state index contributed by atoms with van der Waals surface area (Å²) < 4.78 is 13.0. The van der Waals surface area contributed by atoms with Crippen molar-refractivity contribution in [3.05, 3.63) is 64.4 Å². The Bertz CT molecular complexity index is 882. The Kier molecular flexibility index (Phi) is 5.71. The van der Waals surface area contributed by atoms with Crippen LogP contribution in [-0.2, 0) is 4.79 Å². The Morgan fingerprint density at radius 1 is 1.04 bits per heavy atom. The normalized spacial score (nSPS) is 13.0. The number of hydrogen-bond donors (Lipinski definition) is 3. The van der Waals surface area contributed by atoms with Gasteiger partial charge in [0.05, 0.1) is 17.8 Å². The van der Waals surface area contributed by atoms with E-state index in [1.165, 1.54) is 42.5 Å². The number of nitrogens with one attached hydrogen (secondary N) is 3. The molecule has 3 N–H and O–H groups in total. The highest BCUT2D eigenvalue weighted by molar-refractivity contribution is 6.31. The van der Waals surface area contributed by atoms with Crippen LogP contribution in [-0.4, -0.2) is 30.3 Å². The van der Waals surface area contributed by atoms with E-state index in [9.17, 15) is 18.8 Å². The summed E-state index contributed by atoms with van der Waals surface area (Å²) in [5, 5.41) is 8.20. The van der Waals surface area contributed by atoms with Crippen LogP contribution in [0.15, 0.2) is 42.5 Å². The smallest absolute Gasteiger partial charge is 0.255 e. The van der Waals surface area contributed by atoms with Crippen molar-refractivity contribution in [1.29, 1.82) is 0 Å². The van der Waals surface area contributed by atoms with E-state index < -0.39 is 17.6 Å². The molecular formula is C19H17ClFN3O3. The summed E-state index contributed by atoms with van der Waals surface area (Å²) in [6.45, 7) is -0.163. The Balaban J connectivity index is 1.69. The molecule has 3 rings (SSSR count). The molecule has 0 aliphatic heterocycles. The van der Waals surface area contributed by atoms with Crippen LogP contribution in [0.1, 0.15) is 33.6 Å². The van der Waals surface area contributed by atoms with E-state index in [4.69, 9.17) is 11.6 Å². The molecule has 1 fully saturated rings. The van der Waals surface area contributed by atoms with Crippen LogP contribution >= 0.6 is 11.6 Å². The van der Waals surface area contributed by atoms with Crippen LogP contribution in [0.3, 0.4) is 0 Å².